The first-order valence-electron chi connectivity index (χ1n) is 6.09. The molecule has 0 heterocycles. The molecule has 23 heavy (non-hydrogen) atoms. The molecule has 8 heteroatoms. The fraction of sp³-hybridized carbons (Fsp3) is 0.133. The molecule has 2 aromatic carbocycles. The van der Waals surface area contributed by atoms with Gasteiger partial charge in [0.05, 0.1) is 5.56 Å². The number of carbonyl (C=O) groups excluding carboxylic acids is 1. The van der Waals surface area contributed by atoms with E-state index in [-0.39, 0.29) is 51.8 Å². The van der Waals surface area contributed by atoms with Crippen LogP contribution in [0.3, 0.4) is 0 Å². The summed E-state index contributed by atoms with van der Waals surface area (Å²) in [6.45, 7) is 1.20. The molecule has 0 atom stereocenters. The summed E-state index contributed by atoms with van der Waals surface area (Å²) in [5.74, 6) is -0.530. The summed E-state index contributed by atoms with van der Waals surface area (Å²) in [5.41, 5.74) is -0.846. The van der Waals surface area contributed by atoms with Crippen LogP contribution in [0.2, 0.25) is 5.02 Å². The van der Waals surface area contributed by atoms with Crippen molar-refractivity contribution >= 4 is 47.1 Å². The number of hydrogen-bond donors (Lipinski definition) is 0. The maximum atomic E-state index is 12.7. The molecule has 0 unspecified atom stereocenters. The maximum absolute atomic E-state index is 12.7. The van der Waals surface area contributed by atoms with E-state index in [1.54, 1.807) is 0 Å². The zero-order valence-corrected chi connectivity index (χ0v) is 15.0. The van der Waals surface area contributed by atoms with Gasteiger partial charge in [-0.05, 0) is 30.3 Å². The topological polar surface area (TPSA) is 35.5 Å². The quantitative estimate of drug-likeness (QED) is 0.456. The van der Waals surface area contributed by atoms with Gasteiger partial charge in [0.15, 0.2) is 11.5 Å². The van der Waals surface area contributed by atoms with Gasteiger partial charge in [-0.2, -0.15) is 13.2 Å². The van der Waals surface area contributed by atoms with Crippen molar-refractivity contribution in [2.45, 2.75) is 13.1 Å². The minimum Gasteiger partial charge on any atom is -0.453 e. The van der Waals surface area contributed by atoms with E-state index in [1.165, 1.54) is 37.3 Å². The van der Waals surface area contributed by atoms with Gasteiger partial charge in [0.25, 0.3) is 0 Å². The van der Waals surface area contributed by atoms with Crippen LogP contribution in [0, 0.1) is 0 Å². The summed E-state index contributed by atoms with van der Waals surface area (Å²) in [6, 6.07) is 8.56. The second-order valence-corrected chi connectivity index (χ2v) is 4.75. The van der Waals surface area contributed by atoms with Crippen molar-refractivity contribution in [3.63, 3.8) is 0 Å². The van der Waals surface area contributed by atoms with Gasteiger partial charge in [0.2, 0.25) is 0 Å². The van der Waals surface area contributed by atoms with Crippen LogP contribution in [0.25, 0.3) is 0 Å². The largest absolute Gasteiger partial charge is 0.453 e. The third-order valence-corrected chi connectivity index (χ3v) is 2.78. The Bertz CT molecular complexity index is 705. The number of hydrogen-bond acceptors (Lipinski definition) is 3. The SMILES string of the molecule is CC(=O)Oc1ccc(Cl)cc1Oc1cccc(C(F)(F)F)c1.[Na]. The van der Waals surface area contributed by atoms with E-state index in [4.69, 9.17) is 21.1 Å². The number of halogens is 4. The van der Waals surface area contributed by atoms with E-state index >= 15 is 0 Å². The van der Waals surface area contributed by atoms with Crippen molar-refractivity contribution < 1.29 is 27.4 Å². The Hall–Kier alpha value is -1.21. The summed E-state index contributed by atoms with van der Waals surface area (Å²) in [4.78, 5) is 11.0. The molecule has 117 valence electrons. The summed E-state index contributed by atoms with van der Waals surface area (Å²) in [6.07, 6.45) is -4.48. The van der Waals surface area contributed by atoms with Crippen molar-refractivity contribution in [2.24, 2.45) is 0 Å². The fourth-order valence-electron chi connectivity index (χ4n) is 1.66. The first kappa shape index (κ1) is 19.8. The Kier molecular flexibility index (Phi) is 6.95. The van der Waals surface area contributed by atoms with Crippen LogP contribution in [0.15, 0.2) is 42.5 Å². The molecule has 0 aliphatic carbocycles. The molecule has 0 bridgehead atoms. The van der Waals surface area contributed by atoms with Gasteiger partial charge in [-0.1, -0.05) is 17.7 Å². The molecule has 0 N–H and O–H groups in total. The second-order valence-electron chi connectivity index (χ2n) is 4.31. The molecule has 0 saturated carbocycles. The van der Waals surface area contributed by atoms with Crippen molar-refractivity contribution in [2.75, 3.05) is 0 Å². The molecule has 0 saturated heterocycles. The third-order valence-electron chi connectivity index (χ3n) is 2.55. The Morgan fingerprint density at radius 1 is 1.09 bits per heavy atom. The first-order valence-corrected chi connectivity index (χ1v) is 6.46. The Balaban J connectivity index is 0.00000264. The molecule has 0 amide bonds. The van der Waals surface area contributed by atoms with E-state index in [0.717, 1.165) is 12.1 Å². The molecule has 2 aromatic rings. The average Bonchev–Trinajstić information content (AvgIpc) is 2.41. The van der Waals surface area contributed by atoms with E-state index in [1.807, 2.05) is 0 Å². The van der Waals surface area contributed by atoms with Gasteiger partial charge in [0.1, 0.15) is 5.75 Å². The van der Waals surface area contributed by atoms with E-state index in [9.17, 15) is 18.0 Å². The number of esters is 1. The Labute approximate surface area is 157 Å². The minimum absolute atomic E-state index is 0. The molecule has 1 radical (unpaired) electrons. The first-order chi connectivity index (χ1) is 10.3. The Morgan fingerprint density at radius 3 is 2.39 bits per heavy atom. The zero-order chi connectivity index (χ0) is 16.3. The number of carbonyl (C=O) groups is 1. The van der Waals surface area contributed by atoms with Crippen molar-refractivity contribution in [1.82, 2.24) is 0 Å². The summed E-state index contributed by atoms with van der Waals surface area (Å²) in [7, 11) is 0. The van der Waals surface area contributed by atoms with Gasteiger partial charge in [-0.15, -0.1) is 0 Å². The number of rotatable bonds is 3. The molecule has 3 nitrogen and oxygen atoms in total. The molecule has 0 aromatic heterocycles. The van der Waals surface area contributed by atoms with Crippen molar-refractivity contribution in [3.05, 3.63) is 53.1 Å². The van der Waals surface area contributed by atoms with Crippen molar-refractivity contribution in [3.8, 4) is 17.2 Å². The van der Waals surface area contributed by atoms with Gasteiger partial charge >= 0.3 is 12.1 Å². The van der Waals surface area contributed by atoms with E-state index in [2.05, 4.69) is 0 Å². The van der Waals surface area contributed by atoms with Gasteiger partial charge in [-0.25, -0.2) is 0 Å². The molecule has 2 rings (SSSR count). The Morgan fingerprint density at radius 2 is 1.78 bits per heavy atom. The van der Waals surface area contributed by atoms with Crippen LogP contribution in [-0.4, -0.2) is 35.5 Å². The third kappa shape index (κ3) is 5.73. The predicted molar refractivity (Wildman–Crippen MR) is 80.0 cm³/mol. The molecular weight excluding hydrogens is 344 g/mol. The maximum Gasteiger partial charge on any atom is 0.416 e. The summed E-state index contributed by atoms with van der Waals surface area (Å²) >= 11 is 5.82. The van der Waals surface area contributed by atoms with E-state index < -0.39 is 17.7 Å². The minimum atomic E-state index is -4.48. The van der Waals surface area contributed by atoms with Crippen LogP contribution in [0.5, 0.6) is 17.2 Å². The summed E-state index contributed by atoms with van der Waals surface area (Å²) in [5, 5.41) is 0.290. The second kappa shape index (κ2) is 8.06. The standard InChI is InChI=1S/C15H10ClF3O3.Na/c1-9(20)21-13-6-5-11(16)8-14(13)22-12-4-2-3-10(7-12)15(17,18)19;/h2-8H,1H3;. The molecule has 0 fully saturated rings. The van der Waals surface area contributed by atoms with Crippen LogP contribution < -0.4 is 9.47 Å². The van der Waals surface area contributed by atoms with Gasteiger partial charge in [-0.3, -0.25) is 4.79 Å². The zero-order valence-electron chi connectivity index (χ0n) is 12.3. The average molecular weight is 354 g/mol. The monoisotopic (exact) mass is 353 g/mol. The van der Waals surface area contributed by atoms with Gasteiger partial charge in [0, 0.05) is 47.6 Å². The normalized spacial score (nSPS) is 10.7. The fourth-order valence-corrected chi connectivity index (χ4v) is 1.83. The van der Waals surface area contributed by atoms with Crippen LogP contribution >= 0.6 is 11.6 Å². The number of alkyl halides is 3. The number of benzene rings is 2. The molecule has 0 aliphatic heterocycles. The van der Waals surface area contributed by atoms with Gasteiger partial charge < -0.3 is 9.47 Å². The van der Waals surface area contributed by atoms with Crippen LogP contribution in [0.4, 0.5) is 13.2 Å². The molecule has 0 spiro atoms. The summed E-state index contributed by atoms with van der Waals surface area (Å²) < 4.78 is 48.3. The van der Waals surface area contributed by atoms with Crippen molar-refractivity contribution in [1.29, 1.82) is 0 Å². The molecular formula is C15H10ClF3NaO3. The molecule has 0 aliphatic rings. The smallest absolute Gasteiger partial charge is 0.416 e. The van der Waals surface area contributed by atoms with Crippen LogP contribution in [-0.2, 0) is 11.0 Å². The predicted octanol–water partition coefficient (Wildman–Crippen LogP) is 4.70. The van der Waals surface area contributed by atoms with Crippen LogP contribution in [0.1, 0.15) is 12.5 Å². The van der Waals surface area contributed by atoms with E-state index in [0.29, 0.717) is 0 Å². The number of ether oxygens (including phenoxy) is 2.